The maximum atomic E-state index is 12.7. The molecule has 0 fully saturated rings. The number of anilines is 1. The maximum Gasteiger partial charge on any atom is 0.264 e. The summed E-state index contributed by atoms with van der Waals surface area (Å²) in [5.74, 6) is -0.0824. The number of hydrogen-bond acceptors (Lipinski definition) is 4. The summed E-state index contributed by atoms with van der Waals surface area (Å²) in [4.78, 5) is 12.1. The van der Waals surface area contributed by atoms with E-state index >= 15 is 0 Å². The smallest absolute Gasteiger partial charge is 0.264 e. The lowest BCUT2D eigenvalue weighted by Crippen LogP contribution is -2.27. The van der Waals surface area contributed by atoms with Crippen LogP contribution in [0, 0.1) is 0 Å². The maximum absolute atomic E-state index is 12.7. The molecule has 0 saturated heterocycles. The number of nitrogens with zero attached hydrogens (tertiary/aromatic N) is 1. The SMILES string of the molecule is COCCCNC(=O)Cc1ccc(N(C)S(=O)(=O)c2ccc(Cl)cc2)cc1. The second-order valence-electron chi connectivity index (χ2n) is 5.97. The van der Waals surface area contributed by atoms with Crippen LogP contribution in [0.2, 0.25) is 5.02 Å². The molecule has 6 nitrogen and oxygen atoms in total. The number of ether oxygens (including phenoxy) is 1. The van der Waals surface area contributed by atoms with Crippen LogP contribution in [0.1, 0.15) is 12.0 Å². The van der Waals surface area contributed by atoms with E-state index in [-0.39, 0.29) is 17.2 Å². The van der Waals surface area contributed by atoms with Crippen LogP contribution < -0.4 is 9.62 Å². The number of carbonyl (C=O) groups excluding carboxylic acids is 1. The van der Waals surface area contributed by atoms with Crippen LogP contribution in [0.4, 0.5) is 5.69 Å². The Bertz CT molecular complexity index is 852. The highest BCUT2D eigenvalue weighted by atomic mass is 35.5. The molecule has 2 rings (SSSR count). The summed E-state index contributed by atoms with van der Waals surface area (Å²) in [6.45, 7) is 1.16. The molecule has 0 radical (unpaired) electrons. The van der Waals surface area contributed by atoms with E-state index in [2.05, 4.69) is 5.32 Å². The van der Waals surface area contributed by atoms with Gasteiger partial charge in [0, 0.05) is 32.3 Å². The fourth-order valence-electron chi connectivity index (χ4n) is 2.42. The van der Waals surface area contributed by atoms with Gasteiger partial charge in [0.1, 0.15) is 0 Å². The van der Waals surface area contributed by atoms with Gasteiger partial charge in [0.05, 0.1) is 17.0 Å². The Labute approximate surface area is 165 Å². The first-order valence-corrected chi connectivity index (χ1v) is 10.3. The molecule has 0 spiro atoms. The number of rotatable bonds is 9. The van der Waals surface area contributed by atoms with Crippen molar-refractivity contribution in [2.24, 2.45) is 0 Å². The zero-order valence-corrected chi connectivity index (χ0v) is 16.9. The van der Waals surface area contributed by atoms with Crippen LogP contribution in [0.5, 0.6) is 0 Å². The molecule has 1 N–H and O–H groups in total. The van der Waals surface area contributed by atoms with Crippen molar-refractivity contribution >= 4 is 33.2 Å². The van der Waals surface area contributed by atoms with Crippen molar-refractivity contribution in [1.82, 2.24) is 5.32 Å². The minimum absolute atomic E-state index is 0.0824. The molecule has 1 amide bonds. The topological polar surface area (TPSA) is 75.7 Å². The van der Waals surface area contributed by atoms with E-state index in [1.807, 2.05) is 0 Å². The molecular formula is C19H23ClN2O4S. The van der Waals surface area contributed by atoms with Gasteiger partial charge in [-0.3, -0.25) is 9.10 Å². The van der Waals surface area contributed by atoms with Crippen molar-refractivity contribution < 1.29 is 17.9 Å². The van der Waals surface area contributed by atoms with E-state index in [1.54, 1.807) is 31.4 Å². The van der Waals surface area contributed by atoms with Crippen LogP contribution in [0.3, 0.4) is 0 Å². The number of carbonyl (C=O) groups is 1. The summed E-state index contributed by atoms with van der Waals surface area (Å²) in [5, 5.41) is 3.29. The molecule has 0 aliphatic carbocycles. The molecular weight excluding hydrogens is 388 g/mol. The molecule has 0 saturated carbocycles. The number of benzene rings is 2. The van der Waals surface area contributed by atoms with E-state index in [1.165, 1.54) is 35.6 Å². The molecule has 0 aliphatic heterocycles. The molecule has 27 heavy (non-hydrogen) atoms. The van der Waals surface area contributed by atoms with Crippen LogP contribution >= 0.6 is 11.6 Å². The monoisotopic (exact) mass is 410 g/mol. The Morgan fingerprint density at radius 1 is 1.11 bits per heavy atom. The summed E-state index contributed by atoms with van der Waals surface area (Å²) in [6.07, 6.45) is 0.995. The number of nitrogens with one attached hydrogen (secondary N) is 1. The molecule has 0 atom stereocenters. The highest BCUT2D eigenvalue weighted by Crippen LogP contribution is 2.23. The van der Waals surface area contributed by atoms with Crippen molar-refractivity contribution in [3.8, 4) is 0 Å². The average Bonchev–Trinajstić information content (AvgIpc) is 2.65. The van der Waals surface area contributed by atoms with E-state index in [9.17, 15) is 13.2 Å². The van der Waals surface area contributed by atoms with Crippen LogP contribution in [0.15, 0.2) is 53.4 Å². The Hall–Kier alpha value is -2.09. The predicted octanol–water partition coefficient (Wildman–Crippen LogP) is 2.86. The first-order valence-electron chi connectivity index (χ1n) is 8.43. The van der Waals surface area contributed by atoms with Gasteiger partial charge in [-0.15, -0.1) is 0 Å². The molecule has 0 aliphatic rings. The van der Waals surface area contributed by atoms with Crippen molar-refractivity contribution in [3.63, 3.8) is 0 Å². The number of halogens is 1. The number of sulfonamides is 1. The Morgan fingerprint density at radius 2 is 1.74 bits per heavy atom. The van der Waals surface area contributed by atoms with Gasteiger partial charge in [0.25, 0.3) is 10.0 Å². The third-order valence-electron chi connectivity index (χ3n) is 3.98. The summed E-state index contributed by atoms with van der Waals surface area (Å²) in [6, 6.07) is 12.9. The van der Waals surface area contributed by atoms with Crippen LogP contribution in [-0.4, -0.2) is 41.6 Å². The first-order chi connectivity index (χ1) is 12.8. The normalized spacial score (nSPS) is 11.2. The van der Waals surface area contributed by atoms with Gasteiger partial charge in [0.2, 0.25) is 5.91 Å². The lowest BCUT2D eigenvalue weighted by Gasteiger charge is -2.20. The van der Waals surface area contributed by atoms with Gasteiger partial charge in [0.15, 0.2) is 0 Å². The second-order valence-corrected chi connectivity index (χ2v) is 8.37. The number of amides is 1. The van der Waals surface area contributed by atoms with Crippen molar-refractivity contribution in [2.75, 3.05) is 31.6 Å². The standard InChI is InChI=1S/C19H23ClN2O4S/c1-22(27(24,25)18-10-6-16(20)7-11-18)17-8-4-15(5-9-17)14-19(23)21-12-3-13-26-2/h4-11H,3,12-14H2,1-2H3,(H,21,23). The van der Waals surface area contributed by atoms with Crippen LogP contribution in [0.25, 0.3) is 0 Å². The zero-order valence-electron chi connectivity index (χ0n) is 15.3. The van der Waals surface area contributed by atoms with Gasteiger partial charge in [-0.1, -0.05) is 23.7 Å². The summed E-state index contributed by atoms with van der Waals surface area (Å²) in [7, 11) is -0.572. The zero-order chi connectivity index (χ0) is 19.9. The quantitative estimate of drug-likeness (QED) is 0.645. The average molecular weight is 411 g/mol. The molecule has 0 heterocycles. The van der Waals surface area contributed by atoms with Crippen molar-refractivity contribution in [1.29, 1.82) is 0 Å². The molecule has 2 aromatic rings. The Balaban J connectivity index is 2.01. The molecule has 0 bridgehead atoms. The third kappa shape index (κ3) is 5.95. The van der Waals surface area contributed by atoms with Crippen molar-refractivity contribution in [3.05, 3.63) is 59.1 Å². The summed E-state index contributed by atoms with van der Waals surface area (Å²) < 4.78 is 31.5. The van der Waals surface area contributed by atoms with Crippen molar-refractivity contribution in [2.45, 2.75) is 17.7 Å². The van der Waals surface area contributed by atoms with E-state index in [4.69, 9.17) is 16.3 Å². The van der Waals surface area contributed by atoms with Crippen LogP contribution in [-0.2, 0) is 26.0 Å². The molecule has 0 unspecified atom stereocenters. The first kappa shape index (κ1) is 21.2. The van der Waals surface area contributed by atoms with Gasteiger partial charge in [-0.2, -0.15) is 0 Å². The minimum atomic E-state index is -3.68. The van der Waals surface area contributed by atoms with Gasteiger partial charge >= 0.3 is 0 Å². The van der Waals surface area contributed by atoms with E-state index < -0.39 is 10.0 Å². The molecule has 2 aromatic carbocycles. The highest BCUT2D eigenvalue weighted by Gasteiger charge is 2.21. The van der Waals surface area contributed by atoms with Gasteiger partial charge in [-0.25, -0.2) is 8.42 Å². The predicted molar refractivity (Wildman–Crippen MR) is 107 cm³/mol. The fourth-order valence-corrected chi connectivity index (χ4v) is 3.74. The molecule has 146 valence electrons. The third-order valence-corrected chi connectivity index (χ3v) is 6.04. The Morgan fingerprint density at radius 3 is 2.33 bits per heavy atom. The highest BCUT2D eigenvalue weighted by molar-refractivity contribution is 7.92. The van der Waals surface area contributed by atoms with Gasteiger partial charge in [-0.05, 0) is 48.4 Å². The molecule has 0 aromatic heterocycles. The van der Waals surface area contributed by atoms with E-state index in [0.717, 1.165) is 12.0 Å². The lowest BCUT2D eigenvalue weighted by atomic mass is 10.1. The largest absolute Gasteiger partial charge is 0.385 e. The number of methoxy groups -OCH3 is 1. The second kappa shape index (κ2) is 9.73. The number of hydrogen-bond donors (Lipinski definition) is 1. The summed E-state index contributed by atoms with van der Waals surface area (Å²) in [5.41, 5.74) is 1.31. The minimum Gasteiger partial charge on any atom is -0.385 e. The van der Waals surface area contributed by atoms with Gasteiger partial charge < -0.3 is 10.1 Å². The summed E-state index contributed by atoms with van der Waals surface area (Å²) >= 11 is 5.82. The lowest BCUT2D eigenvalue weighted by molar-refractivity contribution is -0.120. The fraction of sp³-hybridized carbons (Fsp3) is 0.316. The van der Waals surface area contributed by atoms with E-state index in [0.29, 0.717) is 23.9 Å². The molecule has 8 heteroatoms. The Kier molecular flexibility index (Phi) is 7.65.